The summed E-state index contributed by atoms with van der Waals surface area (Å²) >= 11 is 6.58. The number of thioether (sulfide) groups is 1. The van der Waals surface area contributed by atoms with Gasteiger partial charge in [0.25, 0.3) is 5.91 Å². The highest BCUT2D eigenvalue weighted by atomic mass is 32.2. The van der Waals surface area contributed by atoms with Crippen LogP contribution in [0.5, 0.6) is 5.75 Å². The molecule has 2 heterocycles. The molecule has 1 aliphatic heterocycles. The van der Waals surface area contributed by atoms with Crippen LogP contribution in [-0.2, 0) is 9.59 Å². The fourth-order valence-corrected chi connectivity index (χ4v) is 4.96. The molecule has 34 heavy (non-hydrogen) atoms. The number of aromatic nitrogens is 2. The van der Waals surface area contributed by atoms with Crippen molar-refractivity contribution in [3.8, 4) is 22.7 Å². The van der Waals surface area contributed by atoms with Crippen LogP contribution in [0.3, 0.4) is 0 Å². The molecule has 4 rings (SSSR count). The largest absolute Gasteiger partial charge is 0.550 e. The van der Waals surface area contributed by atoms with Crippen LogP contribution < -0.4 is 9.84 Å². The Morgan fingerprint density at radius 1 is 1.24 bits per heavy atom. The number of para-hydroxylation sites is 1. The first kappa shape index (κ1) is 23.7. The lowest BCUT2D eigenvalue weighted by atomic mass is 10.0. The zero-order valence-corrected chi connectivity index (χ0v) is 20.3. The number of nitrogens with zero attached hydrogens (tertiary/aromatic N) is 3. The van der Waals surface area contributed by atoms with E-state index >= 15 is 0 Å². The van der Waals surface area contributed by atoms with Crippen LogP contribution >= 0.6 is 24.0 Å². The highest BCUT2D eigenvalue weighted by Crippen LogP contribution is 2.36. The number of rotatable bonds is 8. The van der Waals surface area contributed by atoms with Crippen molar-refractivity contribution in [1.29, 1.82) is 0 Å². The van der Waals surface area contributed by atoms with Gasteiger partial charge in [0.1, 0.15) is 15.8 Å². The molecule has 7 nitrogen and oxygen atoms in total. The number of hydrogen-bond donors (Lipinski definition) is 0. The van der Waals surface area contributed by atoms with E-state index in [1.165, 1.54) is 16.7 Å². The minimum atomic E-state index is -1.14. The lowest BCUT2D eigenvalue weighted by Gasteiger charge is -2.14. The van der Waals surface area contributed by atoms with E-state index in [1.807, 2.05) is 61.7 Å². The van der Waals surface area contributed by atoms with Gasteiger partial charge >= 0.3 is 0 Å². The maximum Gasteiger partial charge on any atom is 0.266 e. The molecule has 1 amide bonds. The molecule has 9 heteroatoms. The first-order valence-corrected chi connectivity index (χ1v) is 11.8. The summed E-state index contributed by atoms with van der Waals surface area (Å²) in [7, 11) is 1.62. The smallest absolute Gasteiger partial charge is 0.266 e. The van der Waals surface area contributed by atoms with Gasteiger partial charge in [0.2, 0.25) is 0 Å². The molecule has 0 saturated carbocycles. The molecule has 1 fully saturated rings. The molecule has 0 aliphatic carbocycles. The van der Waals surface area contributed by atoms with Crippen molar-refractivity contribution >= 4 is 46.3 Å². The van der Waals surface area contributed by atoms with Gasteiger partial charge in [0.15, 0.2) is 0 Å². The third kappa shape index (κ3) is 5.05. The van der Waals surface area contributed by atoms with E-state index in [-0.39, 0.29) is 25.3 Å². The Hall–Kier alpha value is -3.43. The van der Waals surface area contributed by atoms with Crippen molar-refractivity contribution in [1.82, 2.24) is 14.7 Å². The van der Waals surface area contributed by atoms with E-state index in [0.717, 1.165) is 33.8 Å². The maximum absolute atomic E-state index is 13.0. The second-order valence-electron chi connectivity index (χ2n) is 7.70. The molecule has 3 aromatic rings. The molecule has 0 bridgehead atoms. The topological polar surface area (TPSA) is 87.5 Å². The van der Waals surface area contributed by atoms with Crippen LogP contribution in [0.2, 0.25) is 0 Å². The third-order valence-corrected chi connectivity index (χ3v) is 6.75. The normalized spacial score (nSPS) is 14.8. The first-order valence-electron chi connectivity index (χ1n) is 10.6. The molecule has 0 radical (unpaired) electrons. The molecule has 0 N–H and O–H groups in total. The molecule has 174 valence electrons. The Kier molecular flexibility index (Phi) is 7.14. The van der Waals surface area contributed by atoms with Crippen LogP contribution in [0.1, 0.15) is 24.0 Å². The van der Waals surface area contributed by atoms with Gasteiger partial charge in [-0.1, -0.05) is 42.2 Å². The Bertz CT molecular complexity index is 1280. The molecular weight excluding hydrogens is 470 g/mol. The fraction of sp³-hybridized carbons (Fsp3) is 0.200. The van der Waals surface area contributed by atoms with Gasteiger partial charge < -0.3 is 14.6 Å². The zero-order valence-electron chi connectivity index (χ0n) is 18.7. The predicted octanol–water partition coefficient (Wildman–Crippen LogP) is 3.59. The van der Waals surface area contributed by atoms with Crippen molar-refractivity contribution in [2.24, 2.45) is 0 Å². The van der Waals surface area contributed by atoms with E-state index in [0.29, 0.717) is 9.23 Å². The van der Waals surface area contributed by atoms with E-state index in [9.17, 15) is 14.7 Å². The van der Waals surface area contributed by atoms with E-state index < -0.39 is 5.97 Å². The van der Waals surface area contributed by atoms with Crippen LogP contribution in [0.15, 0.2) is 59.6 Å². The average Bonchev–Trinajstić information content (AvgIpc) is 3.35. The number of amides is 1. The molecular formula is C25H22N3O4S2-. The number of aryl methyl sites for hydroxylation is 1. The molecule has 0 unspecified atom stereocenters. The Morgan fingerprint density at radius 3 is 2.68 bits per heavy atom. The Labute approximate surface area is 207 Å². The van der Waals surface area contributed by atoms with Crippen molar-refractivity contribution in [3.05, 3.63) is 70.8 Å². The summed E-state index contributed by atoms with van der Waals surface area (Å²) in [4.78, 5) is 25.6. The minimum Gasteiger partial charge on any atom is -0.550 e. The molecule has 1 saturated heterocycles. The predicted molar refractivity (Wildman–Crippen MR) is 134 cm³/mol. The van der Waals surface area contributed by atoms with Crippen molar-refractivity contribution < 1.29 is 19.4 Å². The number of hydrogen-bond acceptors (Lipinski definition) is 7. The number of carbonyl (C=O) groups is 2. The highest BCUT2D eigenvalue weighted by Gasteiger charge is 2.32. The van der Waals surface area contributed by atoms with Gasteiger partial charge in [0, 0.05) is 29.8 Å². The Balaban J connectivity index is 1.73. The minimum absolute atomic E-state index is 0.124. The number of carboxylic acid groups (broad SMARTS) is 1. The lowest BCUT2D eigenvalue weighted by Crippen LogP contribution is -2.30. The standard InChI is InChI=1S/C25H23N3O4S2/c1-16-13-19(32-2)10-11-20(16)23-17(15-28(26-23)18-7-4-3-5-8-18)14-21-24(31)27(25(33)34-21)12-6-9-22(29)30/h3-5,7-8,10-11,13-15H,6,9,12H2,1-2H3,(H,29,30)/p-1/b21-14-. The van der Waals surface area contributed by atoms with Gasteiger partial charge in [-0.15, -0.1) is 0 Å². The summed E-state index contributed by atoms with van der Waals surface area (Å²) in [5.41, 5.74) is 4.30. The molecule has 0 atom stereocenters. The summed E-state index contributed by atoms with van der Waals surface area (Å²) in [6.07, 6.45) is 3.84. The highest BCUT2D eigenvalue weighted by molar-refractivity contribution is 8.26. The van der Waals surface area contributed by atoms with Crippen LogP contribution in [0.4, 0.5) is 0 Å². The molecule has 0 spiro atoms. The number of methoxy groups -OCH3 is 1. The zero-order chi connectivity index (χ0) is 24.2. The number of carbonyl (C=O) groups excluding carboxylic acids is 2. The van der Waals surface area contributed by atoms with Crippen molar-refractivity contribution in [2.45, 2.75) is 19.8 Å². The molecule has 1 aromatic heterocycles. The number of carboxylic acids is 1. The fourth-order valence-electron chi connectivity index (χ4n) is 3.66. The van der Waals surface area contributed by atoms with Gasteiger partial charge in [0.05, 0.1) is 17.7 Å². The molecule has 2 aromatic carbocycles. The van der Waals surface area contributed by atoms with Crippen LogP contribution in [-0.4, -0.2) is 44.5 Å². The van der Waals surface area contributed by atoms with Gasteiger partial charge in [-0.25, -0.2) is 4.68 Å². The SMILES string of the molecule is COc1ccc(-c2nn(-c3ccccc3)cc2/C=C2\SC(=S)N(CCCC(=O)[O-])C2=O)c(C)c1. The third-order valence-electron chi connectivity index (χ3n) is 5.37. The molecule has 1 aliphatic rings. The Morgan fingerprint density at radius 2 is 2.00 bits per heavy atom. The van der Waals surface area contributed by atoms with Gasteiger partial charge in [-0.2, -0.15) is 5.10 Å². The van der Waals surface area contributed by atoms with Crippen molar-refractivity contribution in [3.63, 3.8) is 0 Å². The summed E-state index contributed by atoms with van der Waals surface area (Å²) in [5.74, 6) is -0.630. The number of benzene rings is 2. The monoisotopic (exact) mass is 492 g/mol. The van der Waals surface area contributed by atoms with Crippen LogP contribution in [0, 0.1) is 6.92 Å². The van der Waals surface area contributed by atoms with Crippen LogP contribution in [0.25, 0.3) is 23.0 Å². The summed E-state index contributed by atoms with van der Waals surface area (Å²) in [6, 6.07) is 15.5. The summed E-state index contributed by atoms with van der Waals surface area (Å²) in [6.45, 7) is 2.23. The summed E-state index contributed by atoms with van der Waals surface area (Å²) < 4.78 is 7.53. The quantitative estimate of drug-likeness (QED) is 0.351. The van der Waals surface area contributed by atoms with E-state index in [4.69, 9.17) is 22.1 Å². The number of aliphatic carboxylic acids is 1. The number of thiocarbonyl (C=S) groups is 1. The van der Waals surface area contributed by atoms with E-state index in [1.54, 1.807) is 17.9 Å². The first-order chi connectivity index (χ1) is 16.4. The average molecular weight is 493 g/mol. The lowest BCUT2D eigenvalue weighted by molar-refractivity contribution is -0.305. The summed E-state index contributed by atoms with van der Waals surface area (Å²) in [5, 5.41) is 15.6. The van der Waals surface area contributed by atoms with Gasteiger partial charge in [-0.3, -0.25) is 9.69 Å². The second kappa shape index (κ2) is 10.2. The van der Waals surface area contributed by atoms with E-state index in [2.05, 4.69) is 0 Å². The second-order valence-corrected chi connectivity index (χ2v) is 9.38. The number of ether oxygens (including phenoxy) is 1. The van der Waals surface area contributed by atoms with Crippen molar-refractivity contribution in [2.75, 3.05) is 13.7 Å². The van der Waals surface area contributed by atoms with Gasteiger partial charge in [-0.05, 0) is 61.7 Å². The maximum atomic E-state index is 13.0.